The van der Waals surface area contributed by atoms with Crippen LogP contribution in [0.4, 0.5) is 0 Å². The van der Waals surface area contributed by atoms with Gasteiger partial charge in [-0.05, 0) is 12.1 Å². The van der Waals surface area contributed by atoms with Crippen molar-refractivity contribution in [1.82, 2.24) is 0 Å². The summed E-state index contributed by atoms with van der Waals surface area (Å²) in [6.45, 7) is 0. The summed E-state index contributed by atoms with van der Waals surface area (Å²) in [7, 11) is 0. The molecule has 0 fully saturated rings. The van der Waals surface area contributed by atoms with Crippen LogP contribution in [0.15, 0.2) is 30.3 Å². The Balaban J connectivity index is 0.000001000. The van der Waals surface area contributed by atoms with Gasteiger partial charge in [0.15, 0.2) is 0 Å². The molecule has 3 nitrogen and oxygen atoms in total. The van der Waals surface area contributed by atoms with Crippen LogP contribution >= 0.6 is 0 Å². The molecule has 11 heavy (non-hydrogen) atoms. The fraction of sp³-hybridized carbons (Fsp3) is 0. The second-order valence-corrected chi connectivity index (χ2v) is 1.74. The van der Waals surface area contributed by atoms with Gasteiger partial charge in [-0.2, -0.15) is 5.26 Å². The molecule has 0 spiro atoms. The Morgan fingerprint density at radius 2 is 1.82 bits per heavy atom. The minimum atomic E-state index is -0.736. The molecule has 0 aliphatic carbocycles. The van der Waals surface area contributed by atoms with Crippen molar-refractivity contribution >= 4 is 57.4 Å². The third kappa shape index (κ3) is 3.46. The summed E-state index contributed by atoms with van der Waals surface area (Å²) in [6.07, 6.45) is 0. The van der Waals surface area contributed by atoms with E-state index in [4.69, 9.17) is 5.26 Å². The summed E-state index contributed by atoms with van der Waals surface area (Å²) in [5.74, 6) is -0.736. The van der Waals surface area contributed by atoms with Gasteiger partial charge in [0.25, 0.3) is 0 Å². The maximum absolute atomic E-state index is 10.5. The zero-order valence-corrected chi connectivity index (χ0v) is 5.15. The van der Waals surface area contributed by atoms with Gasteiger partial charge in [-0.15, -0.1) is 0 Å². The standard InChI is InChI=1S/C7H6O3.K.H/c8-7(10-9)6-4-2-1-3-5-6;;/h1-5,9H;;. The van der Waals surface area contributed by atoms with Crippen LogP contribution in [0.3, 0.4) is 0 Å². The van der Waals surface area contributed by atoms with Crippen molar-refractivity contribution in [3.63, 3.8) is 0 Å². The van der Waals surface area contributed by atoms with E-state index in [9.17, 15) is 4.79 Å². The van der Waals surface area contributed by atoms with Crippen LogP contribution in [0.1, 0.15) is 10.4 Å². The first-order valence-electron chi connectivity index (χ1n) is 2.75. The molecule has 1 aromatic carbocycles. The van der Waals surface area contributed by atoms with Gasteiger partial charge in [-0.3, -0.25) is 4.89 Å². The predicted octanol–water partition coefficient (Wildman–Crippen LogP) is 0.668. The minimum absolute atomic E-state index is 0. The van der Waals surface area contributed by atoms with Crippen molar-refractivity contribution in [2.24, 2.45) is 0 Å². The van der Waals surface area contributed by atoms with Gasteiger partial charge >= 0.3 is 57.4 Å². The van der Waals surface area contributed by atoms with Gasteiger partial charge in [0.1, 0.15) is 0 Å². The molecule has 0 amide bonds. The first-order chi connectivity index (χ1) is 4.84. The van der Waals surface area contributed by atoms with E-state index >= 15 is 0 Å². The van der Waals surface area contributed by atoms with Crippen LogP contribution in [0.5, 0.6) is 0 Å². The SMILES string of the molecule is O=C(OO)c1ccccc1.[KH]. The fourth-order valence-corrected chi connectivity index (χ4v) is 0.627. The summed E-state index contributed by atoms with van der Waals surface area (Å²) in [5.41, 5.74) is 0.338. The molecule has 0 heterocycles. The third-order valence-electron chi connectivity index (χ3n) is 1.09. The molecule has 0 bridgehead atoms. The number of benzene rings is 1. The molecule has 54 valence electrons. The molecule has 1 N–H and O–H groups in total. The Morgan fingerprint density at radius 3 is 2.27 bits per heavy atom. The van der Waals surface area contributed by atoms with Crippen LogP contribution in [0, 0.1) is 0 Å². The molecular formula is C7H7KO3. The maximum atomic E-state index is 10.5. The number of hydrogen-bond donors (Lipinski definition) is 1. The van der Waals surface area contributed by atoms with E-state index in [1.807, 2.05) is 0 Å². The third-order valence-corrected chi connectivity index (χ3v) is 1.09. The average molecular weight is 178 g/mol. The molecule has 1 aromatic rings. The summed E-state index contributed by atoms with van der Waals surface area (Å²) in [6, 6.07) is 8.25. The quantitative estimate of drug-likeness (QED) is 0.390. The van der Waals surface area contributed by atoms with Crippen molar-refractivity contribution < 1.29 is 14.9 Å². The van der Waals surface area contributed by atoms with E-state index in [1.54, 1.807) is 30.3 Å². The van der Waals surface area contributed by atoms with Crippen LogP contribution < -0.4 is 0 Å². The molecule has 0 unspecified atom stereocenters. The van der Waals surface area contributed by atoms with Crippen LogP contribution in [0.2, 0.25) is 0 Å². The van der Waals surface area contributed by atoms with Crippen molar-refractivity contribution in [3.05, 3.63) is 35.9 Å². The fourth-order valence-electron chi connectivity index (χ4n) is 0.627. The van der Waals surface area contributed by atoms with Crippen molar-refractivity contribution in [2.45, 2.75) is 0 Å². The molecule has 0 aromatic heterocycles. The number of carbonyl (C=O) groups is 1. The number of hydrogen-bond acceptors (Lipinski definition) is 3. The molecule has 4 heteroatoms. The first-order valence-corrected chi connectivity index (χ1v) is 2.75. The van der Waals surface area contributed by atoms with Gasteiger partial charge in [-0.25, -0.2) is 4.79 Å². The summed E-state index contributed by atoms with van der Waals surface area (Å²) in [5, 5.41) is 7.94. The molecule has 0 aliphatic rings. The number of rotatable bonds is 1. The normalized spacial score (nSPS) is 8.09. The summed E-state index contributed by atoms with van der Waals surface area (Å²) >= 11 is 0. The van der Waals surface area contributed by atoms with Gasteiger partial charge in [0, 0.05) is 0 Å². The van der Waals surface area contributed by atoms with Crippen molar-refractivity contribution in [2.75, 3.05) is 0 Å². The van der Waals surface area contributed by atoms with Gasteiger partial charge < -0.3 is 0 Å². The molecule has 0 radical (unpaired) electrons. The second-order valence-electron chi connectivity index (χ2n) is 1.74. The molecule has 1 rings (SSSR count). The van der Waals surface area contributed by atoms with Gasteiger partial charge in [-0.1, -0.05) is 18.2 Å². The Bertz CT molecular complexity index is 222. The van der Waals surface area contributed by atoms with Crippen molar-refractivity contribution in [1.29, 1.82) is 0 Å². The van der Waals surface area contributed by atoms with E-state index < -0.39 is 5.97 Å². The summed E-state index contributed by atoms with van der Waals surface area (Å²) in [4.78, 5) is 14.0. The van der Waals surface area contributed by atoms with E-state index in [0.717, 1.165) is 0 Å². The Hall–Kier alpha value is 0.286. The van der Waals surface area contributed by atoms with Gasteiger partial charge in [0.05, 0.1) is 5.56 Å². The van der Waals surface area contributed by atoms with E-state index in [2.05, 4.69) is 4.89 Å². The topological polar surface area (TPSA) is 46.5 Å². The van der Waals surface area contributed by atoms with E-state index in [0.29, 0.717) is 5.56 Å². The summed E-state index contributed by atoms with van der Waals surface area (Å²) < 4.78 is 0. The molecule has 0 atom stereocenters. The monoisotopic (exact) mass is 178 g/mol. The van der Waals surface area contributed by atoms with Crippen LogP contribution in [-0.2, 0) is 4.89 Å². The zero-order valence-electron chi connectivity index (χ0n) is 5.15. The Morgan fingerprint density at radius 1 is 1.27 bits per heavy atom. The Labute approximate surface area is 107 Å². The van der Waals surface area contributed by atoms with E-state index in [-0.39, 0.29) is 51.4 Å². The second kappa shape index (κ2) is 5.88. The number of carbonyl (C=O) groups excluding carboxylic acids is 1. The van der Waals surface area contributed by atoms with Crippen LogP contribution in [-0.4, -0.2) is 62.6 Å². The molecule has 0 aliphatic heterocycles. The average Bonchev–Trinajstić information content (AvgIpc) is 2.05. The Kier molecular flexibility index (Phi) is 6.03. The van der Waals surface area contributed by atoms with Crippen LogP contribution in [0.25, 0.3) is 0 Å². The molecular weight excluding hydrogens is 171 g/mol. The van der Waals surface area contributed by atoms with E-state index in [1.165, 1.54) is 0 Å². The zero-order chi connectivity index (χ0) is 7.40. The molecule has 0 saturated carbocycles. The first kappa shape index (κ1) is 11.3. The predicted molar refractivity (Wildman–Crippen MR) is 41.6 cm³/mol. The molecule has 0 saturated heterocycles. The van der Waals surface area contributed by atoms with Crippen molar-refractivity contribution in [3.8, 4) is 0 Å². The van der Waals surface area contributed by atoms with Gasteiger partial charge in [0.2, 0.25) is 0 Å².